The van der Waals surface area contributed by atoms with Crippen LogP contribution >= 0.6 is 0 Å². The number of nitrogens with one attached hydrogen (secondary N) is 1. The molecule has 2 aromatic carbocycles. The van der Waals surface area contributed by atoms with Crippen molar-refractivity contribution in [2.24, 2.45) is 4.99 Å². The minimum atomic E-state index is -1.24. The van der Waals surface area contributed by atoms with Crippen molar-refractivity contribution in [3.63, 3.8) is 0 Å². The highest BCUT2D eigenvalue weighted by molar-refractivity contribution is 5.85. The number of rotatable bonds is 16. The van der Waals surface area contributed by atoms with Crippen molar-refractivity contribution in [2.75, 3.05) is 19.7 Å². The molecule has 7 nitrogen and oxygen atoms in total. The van der Waals surface area contributed by atoms with Gasteiger partial charge in [0.15, 0.2) is 5.78 Å². The Balaban J connectivity index is 2.24. The first-order chi connectivity index (χ1) is 23.4. The van der Waals surface area contributed by atoms with Crippen LogP contribution in [-0.2, 0) is 32.3 Å². The number of ether oxygens (including phenoxy) is 3. The number of hydrogen-bond acceptors (Lipinski definition) is 7. The molecule has 1 atom stereocenters. The summed E-state index contributed by atoms with van der Waals surface area (Å²) in [5, 5.41) is 8.47. The van der Waals surface area contributed by atoms with Gasteiger partial charge in [-0.1, -0.05) is 108 Å². The lowest BCUT2D eigenvalue weighted by Gasteiger charge is -2.31. The molecule has 0 amide bonds. The molecule has 7 heteroatoms. The van der Waals surface area contributed by atoms with Crippen LogP contribution in [0.1, 0.15) is 161 Å². The molecule has 278 valence electrons. The SMILES string of the molecule is CCCN(CCC)Cc1cc(C(C)(C)C)cc(C=N)c1OC(OCC(C)=O)Oc1c(C=NC2CCCCC2)cc(C(C)(C)C)cc1C(C)(C)C. The first-order valence-electron chi connectivity index (χ1n) is 18.9. The lowest BCUT2D eigenvalue weighted by atomic mass is 9.79. The van der Waals surface area contributed by atoms with Gasteiger partial charge in [-0.15, -0.1) is 0 Å². The highest BCUT2D eigenvalue weighted by atomic mass is 16.8. The van der Waals surface area contributed by atoms with Crippen LogP contribution in [0.3, 0.4) is 0 Å². The van der Waals surface area contributed by atoms with Crippen LogP contribution in [0, 0.1) is 5.41 Å². The van der Waals surface area contributed by atoms with Crippen molar-refractivity contribution in [3.05, 3.63) is 57.6 Å². The van der Waals surface area contributed by atoms with Gasteiger partial charge in [0.1, 0.15) is 18.1 Å². The molecule has 1 N–H and O–H groups in total. The second-order valence-corrected chi connectivity index (χ2v) is 17.3. The van der Waals surface area contributed by atoms with Gasteiger partial charge < -0.3 is 19.6 Å². The van der Waals surface area contributed by atoms with Crippen LogP contribution in [0.5, 0.6) is 11.5 Å². The molecule has 0 saturated heterocycles. The van der Waals surface area contributed by atoms with Gasteiger partial charge in [0.05, 0.1) is 0 Å². The Morgan fingerprint density at radius 2 is 1.40 bits per heavy atom. The third-order valence-electron chi connectivity index (χ3n) is 9.33. The molecule has 1 unspecified atom stereocenters. The van der Waals surface area contributed by atoms with E-state index in [4.69, 9.17) is 24.6 Å². The molecule has 1 fully saturated rings. The van der Waals surface area contributed by atoms with Gasteiger partial charge in [-0.05, 0) is 85.2 Å². The summed E-state index contributed by atoms with van der Waals surface area (Å²) in [6.45, 7) is 26.8. The van der Waals surface area contributed by atoms with Crippen LogP contribution in [0.25, 0.3) is 0 Å². The molecule has 0 aliphatic heterocycles. The van der Waals surface area contributed by atoms with E-state index < -0.39 is 6.48 Å². The molecule has 0 bridgehead atoms. The van der Waals surface area contributed by atoms with E-state index >= 15 is 0 Å². The lowest BCUT2D eigenvalue weighted by molar-refractivity contribution is -0.200. The molecule has 0 heterocycles. The number of ketones is 1. The first kappa shape index (κ1) is 41.4. The largest absolute Gasteiger partial charge is 0.431 e. The summed E-state index contributed by atoms with van der Waals surface area (Å²) in [5.74, 6) is 1.05. The third kappa shape index (κ3) is 12.0. The van der Waals surface area contributed by atoms with Crippen molar-refractivity contribution in [1.29, 1.82) is 5.41 Å². The summed E-state index contributed by atoms with van der Waals surface area (Å²) >= 11 is 0. The zero-order valence-electron chi connectivity index (χ0n) is 33.4. The van der Waals surface area contributed by atoms with Crippen molar-refractivity contribution in [1.82, 2.24) is 4.90 Å². The number of hydrogen-bond donors (Lipinski definition) is 1. The molecule has 3 rings (SSSR count). The average Bonchev–Trinajstić information content (AvgIpc) is 3.02. The molecule has 50 heavy (non-hydrogen) atoms. The van der Waals surface area contributed by atoms with E-state index in [0.717, 1.165) is 61.0 Å². The minimum absolute atomic E-state index is 0.0988. The minimum Gasteiger partial charge on any atom is -0.431 e. The van der Waals surface area contributed by atoms with Gasteiger partial charge in [-0.2, -0.15) is 0 Å². The van der Waals surface area contributed by atoms with Gasteiger partial charge in [-0.25, -0.2) is 0 Å². The molecule has 0 aromatic heterocycles. The highest BCUT2D eigenvalue weighted by Gasteiger charge is 2.30. The van der Waals surface area contributed by atoms with Crippen molar-refractivity contribution in [2.45, 2.75) is 163 Å². The fourth-order valence-corrected chi connectivity index (χ4v) is 6.41. The average molecular weight is 690 g/mol. The Labute approximate surface area is 304 Å². The fraction of sp³-hybridized carbons (Fsp3) is 0.651. The quantitative estimate of drug-likeness (QED) is 0.140. The molecule has 0 spiro atoms. The predicted octanol–water partition coefficient (Wildman–Crippen LogP) is 10.3. The molecule has 2 aromatic rings. The van der Waals surface area contributed by atoms with E-state index in [2.05, 4.69) is 99.3 Å². The molecule has 1 saturated carbocycles. The van der Waals surface area contributed by atoms with Gasteiger partial charge in [-0.3, -0.25) is 14.7 Å². The van der Waals surface area contributed by atoms with E-state index in [0.29, 0.717) is 29.6 Å². The first-order valence-corrected chi connectivity index (χ1v) is 18.9. The second kappa shape index (κ2) is 17.9. The Hall–Kier alpha value is -3.03. The summed E-state index contributed by atoms with van der Waals surface area (Å²) in [6.07, 6.45) is 11.3. The number of aliphatic imine (C=N–C) groups is 1. The summed E-state index contributed by atoms with van der Waals surface area (Å²) in [7, 11) is 0. The Kier molecular flexibility index (Phi) is 14.9. The summed E-state index contributed by atoms with van der Waals surface area (Å²) in [5.41, 5.74) is 5.32. The molecule has 1 aliphatic carbocycles. The fourth-order valence-electron chi connectivity index (χ4n) is 6.41. The smallest absolute Gasteiger partial charge is 0.361 e. The predicted molar refractivity (Wildman–Crippen MR) is 209 cm³/mol. The van der Waals surface area contributed by atoms with Crippen LogP contribution in [-0.4, -0.2) is 55.3 Å². The van der Waals surface area contributed by atoms with E-state index in [1.165, 1.54) is 38.0 Å². The van der Waals surface area contributed by atoms with E-state index in [-0.39, 0.29) is 28.6 Å². The van der Waals surface area contributed by atoms with E-state index in [1.807, 2.05) is 12.3 Å². The summed E-state index contributed by atoms with van der Waals surface area (Å²) in [4.78, 5) is 19.8. The maximum atomic E-state index is 12.3. The Bertz CT molecular complexity index is 1450. The molecular weight excluding hydrogens is 622 g/mol. The Morgan fingerprint density at radius 3 is 1.92 bits per heavy atom. The number of Topliss-reactive ketones (excluding diaryl/α,β-unsaturated/α-hetero) is 1. The van der Waals surface area contributed by atoms with E-state index in [9.17, 15) is 4.79 Å². The van der Waals surface area contributed by atoms with Crippen molar-refractivity contribution >= 4 is 18.2 Å². The van der Waals surface area contributed by atoms with Gasteiger partial charge >= 0.3 is 6.48 Å². The van der Waals surface area contributed by atoms with Crippen molar-refractivity contribution in [3.8, 4) is 11.5 Å². The number of nitrogens with zero attached hydrogens (tertiary/aromatic N) is 2. The summed E-state index contributed by atoms with van der Waals surface area (Å²) < 4.78 is 19.7. The number of carbonyl (C=O) groups is 1. The standard InChI is InChI=1S/C43H67N3O4/c1-13-20-46(21-14-2)28-33-24-34(41(4,5)6)22-31(26-44)38(33)49-40(48-29-30(3)47)50-39-32(27-45-36-18-16-15-17-19-36)23-35(42(7,8)9)25-37(39)43(10,11)12/h22-27,36,40,44H,13-21,28-29H2,1-12H3. The van der Waals surface area contributed by atoms with Gasteiger partial charge in [0.25, 0.3) is 0 Å². The maximum absolute atomic E-state index is 12.3. The molecule has 0 radical (unpaired) electrons. The summed E-state index contributed by atoms with van der Waals surface area (Å²) in [6, 6.07) is 8.93. The maximum Gasteiger partial charge on any atom is 0.361 e. The highest BCUT2D eigenvalue weighted by Crippen LogP contribution is 2.40. The van der Waals surface area contributed by atoms with Crippen LogP contribution in [0.2, 0.25) is 0 Å². The normalized spacial score (nSPS) is 15.5. The third-order valence-corrected chi connectivity index (χ3v) is 9.33. The zero-order chi connectivity index (χ0) is 37.3. The zero-order valence-corrected chi connectivity index (χ0v) is 33.4. The van der Waals surface area contributed by atoms with Crippen LogP contribution in [0.15, 0.2) is 29.3 Å². The van der Waals surface area contributed by atoms with Gasteiger partial charge in [0.2, 0.25) is 0 Å². The topological polar surface area (TPSA) is 84.2 Å². The van der Waals surface area contributed by atoms with Crippen LogP contribution < -0.4 is 9.47 Å². The lowest BCUT2D eigenvalue weighted by Crippen LogP contribution is -2.33. The number of benzene rings is 2. The van der Waals surface area contributed by atoms with Gasteiger partial charge in [0, 0.05) is 47.3 Å². The Morgan fingerprint density at radius 1 is 0.840 bits per heavy atom. The molecule has 1 aliphatic rings. The second-order valence-electron chi connectivity index (χ2n) is 17.3. The van der Waals surface area contributed by atoms with Crippen LogP contribution in [0.4, 0.5) is 0 Å². The van der Waals surface area contributed by atoms with Crippen molar-refractivity contribution < 1.29 is 19.0 Å². The molecular formula is C43H67N3O4. The van der Waals surface area contributed by atoms with E-state index in [1.54, 1.807) is 0 Å². The monoisotopic (exact) mass is 690 g/mol. The number of carbonyl (C=O) groups excluding carboxylic acids is 1.